The number of likely N-dealkylation sites (N-methyl/N-ethyl adjacent to an activating group) is 1. The monoisotopic (exact) mass is 537 g/mol. The Morgan fingerprint density at radius 3 is 2.29 bits per heavy atom. The number of amides is 2. The Morgan fingerprint density at radius 1 is 0.947 bits per heavy atom. The minimum absolute atomic E-state index is 0.0735. The predicted octanol–water partition coefficient (Wildman–Crippen LogP) is 4.14. The van der Waals surface area contributed by atoms with Crippen LogP contribution >= 0.6 is 0 Å². The third kappa shape index (κ3) is 6.92. The fourth-order valence-electron chi connectivity index (χ4n) is 4.21. The van der Waals surface area contributed by atoms with Gasteiger partial charge in [0.25, 0.3) is 10.0 Å². The maximum Gasteiger partial charge on any atom is 0.264 e. The number of sulfonamides is 1. The van der Waals surface area contributed by atoms with Crippen LogP contribution in [-0.4, -0.2) is 51.4 Å². The molecule has 3 aromatic carbocycles. The molecular formula is C29H35N3O5S. The van der Waals surface area contributed by atoms with Crippen LogP contribution in [-0.2, 0) is 26.2 Å². The lowest BCUT2D eigenvalue weighted by Crippen LogP contribution is -2.52. The fourth-order valence-corrected chi connectivity index (χ4v) is 5.64. The van der Waals surface area contributed by atoms with E-state index in [-0.39, 0.29) is 17.3 Å². The van der Waals surface area contributed by atoms with Crippen LogP contribution in [0.15, 0.2) is 83.8 Å². The van der Waals surface area contributed by atoms with Crippen LogP contribution in [0.5, 0.6) is 5.75 Å². The van der Waals surface area contributed by atoms with Crippen LogP contribution in [0, 0.1) is 6.92 Å². The van der Waals surface area contributed by atoms with Gasteiger partial charge in [-0.05, 0) is 67.8 Å². The predicted molar refractivity (Wildman–Crippen MR) is 148 cm³/mol. The Kier molecular flexibility index (Phi) is 9.90. The van der Waals surface area contributed by atoms with E-state index in [0.717, 1.165) is 15.4 Å². The van der Waals surface area contributed by atoms with Gasteiger partial charge in [-0.15, -0.1) is 0 Å². The van der Waals surface area contributed by atoms with Crippen molar-refractivity contribution >= 4 is 27.5 Å². The number of benzene rings is 3. The molecule has 3 rings (SSSR count). The molecule has 0 saturated heterocycles. The molecule has 0 spiro atoms. The molecule has 0 aliphatic heterocycles. The highest BCUT2D eigenvalue weighted by molar-refractivity contribution is 7.92. The summed E-state index contributed by atoms with van der Waals surface area (Å²) in [4.78, 5) is 28.5. The van der Waals surface area contributed by atoms with Crippen molar-refractivity contribution in [1.29, 1.82) is 0 Å². The Hall–Kier alpha value is -3.85. The lowest BCUT2D eigenvalue weighted by molar-refractivity contribution is -0.140. The number of anilines is 1. The summed E-state index contributed by atoms with van der Waals surface area (Å²) in [6, 6.07) is 21.5. The lowest BCUT2D eigenvalue weighted by Gasteiger charge is -2.33. The van der Waals surface area contributed by atoms with Crippen molar-refractivity contribution in [2.24, 2.45) is 0 Å². The van der Waals surface area contributed by atoms with E-state index >= 15 is 0 Å². The third-order valence-corrected chi connectivity index (χ3v) is 7.91. The summed E-state index contributed by atoms with van der Waals surface area (Å²) in [5, 5.41) is 2.80. The van der Waals surface area contributed by atoms with E-state index in [1.807, 2.05) is 39.0 Å². The van der Waals surface area contributed by atoms with Gasteiger partial charge < -0.3 is 15.0 Å². The second-order valence-corrected chi connectivity index (χ2v) is 10.7. The van der Waals surface area contributed by atoms with Crippen molar-refractivity contribution < 1.29 is 22.7 Å². The summed E-state index contributed by atoms with van der Waals surface area (Å²) < 4.78 is 34.0. The van der Waals surface area contributed by atoms with Gasteiger partial charge in [0.2, 0.25) is 11.8 Å². The summed E-state index contributed by atoms with van der Waals surface area (Å²) in [5.74, 6) is -0.166. The Labute approximate surface area is 225 Å². The van der Waals surface area contributed by atoms with Crippen molar-refractivity contribution in [3.63, 3.8) is 0 Å². The van der Waals surface area contributed by atoms with Crippen molar-refractivity contribution in [3.8, 4) is 5.75 Å². The van der Waals surface area contributed by atoms with Gasteiger partial charge in [0.15, 0.2) is 0 Å². The number of ether oxygens (including phenoxy) is 1. The average Bonchev–Trinajstić information content (AvgIpc) is 2.92. The highest BCUT2D eigenvalue weighted by Gasteiger charge is 2.33. The van der Waals surface area contributed by atoms with Crippen LogP contribution in [0.25, 0.3) is 0 Å². The van der Waals surface area contributed by atoms with Crippen molar-refractivity contribution in [3.05, 3.63) is 90.0 Å². The molecule has 1 atom stereocenters. The molecule has 0 saturated carbocycles. The standard InChI is InChI=1S/C29H35N3O5S/c1-5-27(29(34)30-6-2)31(20-23-13-11-15-25(19-23)37-4)28(33)21-32(24-14-10-12-22(3)18-24)38(35,36)26-16-8-7-9-17-26/h7-19,27H,5-6,20-21H2,1-4H3,(H,30,34)/t27-/m0/s1. The van der Waals surface area contributed by atoms with E-state index in [0.29, 0.717) is 24.4 Å². The van der Waals surface area contributed by atoms with Crippen LogP contribution < -0.4 is 14.4 Å². The van der Waals surface area contributed by atoms with Crippen molar-refractivity contribution in [2.45, 2.75) is 44.7 Å². The maximum absolute atomic E-state index is 14.0. The van der Waals surface area contributed by atoms with Crippen LogP contribution in [0.2, 0.25) is 0 Å². The third-order valence-electron chi connectivity index (χ3n) is 6.12. The minimum atomic E-state index is -4.08. The zero-order valence-electron chi connectivity index (χ0n) is 22.3. The molecule has 0 heterocycles. The van der Waals surface area contributed by atoms with E-state index in [2.05, 4.69) is 5.32 Å². The van der Waals surface area contributed by atoms with Gasteiger partial charge >= 0.3 is 0 Å². The molecular weight excluding hydrogens is 502 g/mol. The average molecular weight is 538 g/mol. The molecule has 0 bridgehead atoms. The molecule has 0 aromatic heterocycles. The lowest BCUT2D eigenvalue weighted by atomic mass is 10.1. The first-order valence-corrected chi connectivity index (χ1v) is 14.0. The second kappa shape index (κ2) is 13.1. The first-order valence-electron chi connectivity index (χ1n) is 12.6. The van der Waals surface area contributed by atoms with Crippen LogP contribution in [0.4, 0.5) is 5.69 Å². The molecule has 0 radical (unpaired) electrons. The molecule has 0 unspecified atom stereocenters. The molecule has 38 heavy (non-hydrogen) atoms. The number of rotatable bonds is 12. The summed E-state index contributed by atoms with van der Waals surface area (Å²) in [7, 11) is -2.53. The molecule has 1 N–H and O–H groups in total. The molecule has 0 aliphatic rings. The number of nitrogens with one attached hydrogen (secondary N) is 1. The normalized spacial score (nSPS) is 11.9. The smallest absolute Gasteiger partial charge is 0.264 e. The summed E-state index contributed by atoms with van der Waals surface area (Å²) in [6.45, 7) is 5.54. The van der Waals surface area contributed by atoms with Gasteiger partial charge in [0.1, 0.15) is 18.3 Å². The molecule has 0 fully saturated rings. The Morgan fingerprint density at radius 2 is 1.66 bits per heavy atom. The number of aryl methyl sites for hydroxylation is 1. The van der Waals surface area contributed by atoms with Gasteiger partial charge in [-0.2, -0.15) is 0 Å². The Bertz CT molecular complexity index is 1350. The molecule has 2 amide bonds. The van der Waals surface area contributed by atoms with E-state index < -0.39 is 28.5 Å². The summed E-state index contributed by atoms with van der Waals surface area (Å²) >= 11 is 0. The SMILES string of the molecule is CCNC(=O)[C@H](CC)N(Cc1cccc(OC)c1)C(=O)CN(c1cccc(C)c1)S(=O)(=O)c1ccccc1. The van der Waals surface area contributed by atoms with E-state index in [1.54, 1.807) is 55.6 Å². The highest BCUT2D eigenvalue weighted by atomic mass is 32.2. The summed E-state index contributed by atoms with van der Waals surface area (Å²) in [6.07, 6.45) is 0.359. The van der Waals surface area contributed by atoms with E-state index in [1.165, 1.54) is 17.0 Å². The van der Waals surface area contributed by atoms with Crippen LogP contribution in [0.1, 0.15) is 31.4 Å². The number of hydrogen-bond acceptors (Lipinski definition) is 5. The molecule has 202 valence electrons. The minimum Gasteiger partial charge on any atom is -0.497 e. The topological polar surface area (TPSA) is 96.0 Å². The fraction of sp³-hybridized carbons (Fsp3) is 0.310. The zero-order valence-corrected chi connectivity index (χ0v) is 23.1. The number of carbonyl (C=O) groups is 2. The Balaban J connectivity index is 2.06. The largest absolute Gasteiger partial charge is 0.497 e. The molecule has 9 heteroatoms. The number of carbonyl (C=O) groups excluding carboxylic acids is 2. The quantitative estimate of drug-likeness (QED) is 0.375. The van der Waals surface area contributed by atoms with Crippen LogP contribution in [0.3, 0.4) is 0 Å². The van der Waals surface area contributed by atoms with Crippen molar-refractivity contribution in [2.75, 3.05) is 24.5 Å². The van der Waals surface area contributed by atoms with Crippen molar-refractivity contribution in [1.82, 2.24) is 10.2 Å². The van der Waals surface area contributed by atoms with Gasteiger partial charge in [-0.25, -0.2) is 8.42 Å². The van der Waals surface area contributed by atoms with Gasteiger partial charge in [-0.1, -0.05) is 49.4 Å². The maximum atomic E-state index is 14.0. The number of nitrogens with zero attached hydrogens (tertiary/aromatic N) is 2. The van der Waals surface area contributed by atoms with E-state index in [9.17, 15) is 18.0 Å². The first kappa shape index (κ1) is 28.7. The van der Waals surface area contributed by atoms with Gasteiger partial charge in [0, 0.05) is 13.1 Å². The molecule has 0 aliphatic carbocycles. The van der Waals surface area contributed by atoms with E-state index in [4.69, 9.17) is 4.74 Å². The number of methoxy groups -OCH3 is 1. The van der Waals surface area contributed by atoms with Gasteiger partial charge in [-0.3, -0.25) is 13.9 Å². The molecule has 3 aromatic rings. The number of hydrogen-bond donors (Lipinski definition) is 1. The highest BCUT2D eigenvalue weighted by Crippen LogP contribution is 2.26. The summed E-state index contributed by atoms with van der Waals surface area (Å²) in [5.41, 5.74) is 1.98. The second-order valence-electron chi connectivity index (χ2n) is 8.86. The zero-order chi connectivity index (χ0) is 27.7. The molecule has 8 nitrogen and oxygen atoms in total. The first-order chi connectivity index (χ1) is 18.2. The van der Waals surface area contributed by atoms with Gasteiger partial charge in [0.05, 0.1) is 17.7 Å².